The molecule has 1 heterocycles. The zero-order valence-electron chi connectivity index (χ0n) is 13.4. The van der Waals surface area contributed by atoms with Crippen LogP contribution in [-0.2, 0) is 6.42 Å². The number of aliphatic hydroxyl groups excluding tert-OH is 1. The summed E-state index contributed by atoms with van der Waals surface area (Å²) in [5, 5.41) is 10.5. The second-order valence-corrected chi connectivity index (χ2v) is 6.14. The summed E-state index contributed by atoms with van der Waals surface area (Å²) >= 11 is 0. The van der Waals surface area contributed by atoms with Gasteiger partial charge < -0.3 is 5.11 Å². The number of nitrogens with zero attached hydrogens (tertiary/aromatic N) is 1. The van der Waals surface area contributed by atoms with Crippen LogP contribution in [0.3, 0.4) is 0 Å². The van der Waals surface area contributed by atoms with E-state index in [4.69, 9.17) is 0 Å². The van der Waals surface area contributed by atoms with Crippen LogP contribution in [0.4, 0.5) is 0 Å². The molecule has 0 amide bonds. The van der Waals surface area contributed by atoms with E-state index >= 15 is 0 Å². The van der Waals surface area contributed by atoms with Crippen LogP contribution in [0.5, 0.6) is 0 Å². The number of benzene rings is 1. The smallest absolute Gasteiger partial charge is 0.0808 e. The van der Waals surface area contributed by atoms with Gasteiger partial charge in [0.05, 0.1) is 6.10 Å². The van der Waals surface area contributed by atoms with Crippen LogP contribution in [0.1, 0.15) is 48.5 Å². The molecule has 1 aliphatic carbocycles. The van der Waals surface area contributed by atoms with Crippen LogP contribution in [-0.4, -0.2) is 10.1 Å². The van der Waals surface area contributed by atoms with E-state index in [2.05, 4.69) is 41.4 Å². The zero-order chi connectivity index (χ0) is 15.9. The van der Waals surface area contributed by atoms with Crippen molar-refractivity contribution in [2.75, 3.05) is 0 Å². The normalized spacial score (nSPS) is 15.3. The summed E-state index contributed by atoms with van der Waals surface area (Å²) in [5.41, 5.74) is 4.76. The molecular formula is C21H23NO. The van der Waals surface area contributed by atoms with E-state index in [1.54, 1.807) is 6.20 Å². The highest BCUT2D eigenvalue weighted by Crippen LogP contribution is 2.24. The maximum atomic E-state index is 10.5. The molecule has 0 saturated carbocycles. The van der Waals surface area contributed by atoms with Gasteiger partial charge in [0, 0.05) is 12.4 Å². The highest BCUT2D eigenvalue weighted by Gasteiger charge is 2.10. The van der Waals surface area contributed by atoms with Gasteiger partial charge in [0.25, 0.3) is 0 Å². The molecule has 0 radical (unpaired) electrons. The highest BCUT2D eigenvalue weighted by atomic mass is 16.3. The van der Waals surface area contributed by atoms with E-state index in [0.717, 1.165) is 43.2 Å². The number of aromatic nitrogens is 1. The van der Waals surface area contributed by atoms with Gasteiger partial charge >= 0.3 is 0 Å². The standard InChI is InChI=1S/C21H23NO/c23-21(12-11-17-7-3-1-4-8-17)20-14-19(15-22-16-20)13-18-9-5-2-6-10-18/h1-3,5-7,9-10,14-16,21,23H,4,8,11-13H2. The van der Waals surface area contributed by atoms with Gasteiger partial charge in [0.2, 0.25) is 0 Å². The van der Waals surface area contributed by atoms with Crippen LogP contribution in [0.15, 0.2) is 72.6 Å². The van der Waals surface area contributed by atoms with Crippen molar-refractivity contribution >= 4 is 0 Å². The summed E-state index contributed by atoms with van der Waals surface area (Å²) in [7, 11) is 0. The Morgan fingerprint density at radius 2 is 1.96 bits per heavy atom. The van der Waals surface area contributed by atoms with Crippen molar-refractivity contribution in [2.24, 2.45) is 0 Å². The van der Waals surface area contributed by atoms with Crippen molar-refractivity contribution in [3.05, 3.63) is 89.3 Å². The summed E-state index contributed by atoms with van der Waals surface area (Å²) in [6.07, 6.45) is 14.5. The number of allylic oxidation sites excluding steroid dienone is 4. The van der Waals surface area contributed by atoms with Crippen LogP contribution in [0.25, 0.3) is 0 Å². The van der Waals surface area contributed by atoms with E-state index < -0.39 is 6.10 Å². The first kappa shape index (κ1) is 15.7. The van der Waals surface area contributed by atoms with Gasteiger partial charge in [-0.25, -0.2) is 0 Å². The second-order valence-electron chi connectivity index (χ2n) is 6.14. The minimum Gasteiger partial charge on any atom is -0.388 e. The summed E-state index contributed by atoms with van der Waals surface area (Å²) in [6.45, 7) is 0. The predicted octanol–water partition coefficient (Wildman–Crippen LogP) is 4.76. The highest BCUT2D eigenvalue weighted by molar-refractivity contribution is 5.27. The van der Waals surface area contributed by atoms with E-state index in [0.29, 0.717) is 0 Å². The molecule has 0 fully saturated rings. The molecule has 3 rings (SSSR count). The SMILES string of the molecule is OC(CCC1=CC=CCC1)c1cncc(Cc2ccccc2)c1. The first-order valence-corrected chi connectivity index (χ1v) is 8.31. The Labute approximate surface area is 138 Å². The third-order valence-electron chi connectivity index (χ3n) is 4.29. The van der Waals surface area contributed by atoms with Crippen molar-refractivity contribution in [2.45, 2.75) is 38.2 Å². The fourth-order valence-corrected chi connectivity index (χ4v) is 2.97. The van der Waals surface area contributed by atoms with Gasteiger partial charge in [0.1, 0.15) is 0 Å². The third-order valence-corrected chi connectivity index (χ3v) is 4.29. The fraction of sp³-hybridized carbons (Fsp3) is 0.286. The zero-order valence-corrected chi connectivity index (χ0v) is 13.4. The Balaban J connectivity index is 1.62. The Morgan fingerprint density at radius 3 is 2.74 bits per heavy atom. The van der Waals surface area contributed by atoms with Crippen LogP contribution < -0.4 is 0 Å². The lowest BCUT2D eigenvalue weighted by Crippen LogP contribution is -2.01. The van der Waals surface area contributed by atoms with Gasteiger partial charge in [-0.1, -0.05) is 54.1 Å². The Bertz CT molecular complexity index is 688. The summed E-state index contributed by atoms with van der Waals surface area (Å²) in [5.74, 6) is 0. The monoisotopic (exact) mass is 305 g/mol. The molecule has 0 aliphatic heterocycles. The molecule has 23 heavy (non-hydrogen) atoms. The first-order chi connectivity index (χ1) is 11.3. The first-order valence-electron chi connectivity index (χ1n) is 8.31. The number of hydrogen-bond acceptors (Lipinski definition) is 2. The molecular weight excluding hydrogens is 282 g/mol. The largest absolute Gasteiger partial charge is 0.388 e. The average molecular weight is 305 g/mol. The second kappa shape index (κ2) is 7.89. The van der Waals surface area contributed by atoms with Gasteiger partial charge in [-0.3, -0.25) is 4.98 Å². The molecule has 1 aromatic carbocycles. The van der Waals surface area contributed by atoms with Gasteiger partial charge in [-0.05, 0) is 54.9 Å². The fourth-order valence-electron chi connectivity index (χ4n) is 2.97. The minimum absolute atomic E-state index is 0.440. The predicted molar refractivity (Wildman–Crippen MR) is 94.1 cm³/mol. The maximum absolute atomic E-state index is 10.5. The quantitative estimate of drug-likeness (QED) is 0.834. The lowest BCUT2D eigenvalue weighted by atomic mass is 9.96. The van der Waals surface area contributed by atoms with E-state index in [-0.39, 0.29) is 0 Å². The van der Waals surface area contributed by atoms with Crippen molar-refractivity contribution < 1.29 is 5.11 Å². The summed E-state index contributed by atoms with van der Waals surface area (Å²) in [4.78, 5) is 4.31. The molecule has 2 aromatic rings. The van der Waals surface area contributed by atoms with Gasteiger partial charge in [0.15, 0.2) is 0 Å². The van der Waals surface area contributed by atoms with Crippen molar-refractivity contribution in [1.82, 2.24) is 4.98 Å². The van der Waals surface area contributed by atoms with E-state index in [1.165, 1.54) is 11.1 Å². The lowest BCUT2D eigenvalue weighted by Gasteiger charge is -2.14. The molecule has 1 atom stereocenters. The molecule has 1 aliphatic rings. The molecule has 0 spiro atoms. The topological polar surface area (TPSA) is 33.1 Å². The third kappa shape index (κ3) is 4.64. The van der Waals surface area contributed by atoms with Gasteiger partial charge in [-0.2, -0.15) is 0 Å². The molecule has 118 valence electrons. The lowest BCUT2D eigenvalue weighted by molar-refractivity contribution is 0.167. The maximum Gasteiger partial charge on any atom is 0.0808 e. The van der Waals surface area contributed by atoms with Gasteiger partial charge in [-0.15, -0.1) is 0 Å². The molecule has 0 saturated heterocycles. The molecule has 0 bridgehead atoms. The summed E-state index contributed by atoms with van der Waals surface area (Å²) in [6, 6.07) is 12.4. The van der Waals surface area contributed by atoms with Crippen molar-refractivity contribution in [1.29, 1.82) is 0 Å². The molecule has 1 unspecified atom stereocenters. The molecule has 1 aromatic heterocycles. The number of aliphatic hydroxyl groups is 1. The van der Waals surface area contributed by atoms with Crippen LogP contribution in [0.2, 0.25) is 0 Å². The molecule has 1 N–H and O–H groups in total. The molecule has 2 nitrogen and oxygen atoms in total. The number of pyridine rings is 1. The number of rotatable bonds is 6. The summed E-state index contributed by atoms with van der Waals surface area (Å²) < 4.78 is 0. The Kier molecular flexibility index (Phi) is 5.38. The van der Waals surface area contributed by atoms with Crippen molar-refractivity contribution in [3.8, 4) is 0 Å². The average Bonchev–Trinajstić information content (AvgIpc) is 2.62. The Hall–Kier alpha value is -2.19. The van der Waals surface area contributed by atoms with Crippen molar-refractivity contribution in [3.63, 3.8) is 0 Å². The van der Waals surface area contributed by atoms with Crippen LogP contribution >= 0.6 is 0 Å². The van der Waals surface area contributed by atoms with Crippen LogP contribution in [0, 0.1) is 0 Å². The number of hydrogen-bond donors (Lipinski definition) is 1. The van der Waals surface area contributed by atoms with E-state index in [9.17, 15) is 5.11 Å². The minimum atomic E-state index is -0.440. The van der Waals surface area contributed by atoms with E-state index in [1.807, 2.05) is 24.4 Å². The molecule has 2 heteroatoms. The Morgan fingerprint density at radius 1 is 1.09 bits per heavy atom.